The Morgan fingerprint density at radius 2 is 0.399 bits per heavy atom. The third-order valence-corrected chi connectivity index (χ3v) is 29.5. The molecule has 0 fully saturated rings. The number of aromatic nitrogens is 3. The molecule has 0 amide bonds. The molecule has 0 unspecified atom stereocenters. The third-order valence-electron chi connectivity index (χ3n) is 29.5. The van der Waals surface area contributed by atoms with Gasteiger partial charge >= 0.3 is 0 Å². The Morgan fingerprint density at radius 1 is 0.145 bits per heavy atom. The number of hydrogen-bond acceptors (Lipinski definition) is 0. The average Bonchev–Trinajstić information content (AvgIpc) is 1.50. The van der Waals surface area contributed by atoms with Gasteiger partial charge in [0.1, 0.15) is 0 Å². The van der Waals surface area contributed by atoms with E-state index in [9.17, 15) is 0 Å². The number of nitrogens with zero attached hydrogens (tertiary/aromatic N) is 3. The fraction of sp³-hybridized carbons (Fsp3) is 0.0370. The second-order valence-corrected chi connectivity index (χ2v) is 37.2. The summed E-state index contributed by atoms with van der Waals surface area (Å²) in [5.74, 6) is 0. The summed E-state index contributed by atoms with van der Waals surface area (Å²) in [6, 6.07) is 194. The molecule has 0 aliphatic heterocycles. The summed E-state index contributed by atoms with van der Waals surface area (Å²) in [4.78, 5) is 0. The van der Waals surface area contributed by atoms with Gasteiger partial charge in [-0.3, -0.25) is 0 Å². The van der Waals surface area contributed by atoms with Gasteiger partial charge in [-0.25, -0.2) is 0 Å². The number of para-hydroxylation sites is 6. The number of benzene rings is 22. The topological polar surface area (TPSA) is 14.8 Å². The molecule has 3 aliphatic rings. The molecule has 3 aliphatic carbocycles. The predicted octanol–water partition coefficient (Wildman–Crippen LogP) is 34.0. The van der Waals surface area contributed by atoms with Crippen LogP contribution in [-0.4, -0.2) is 13.7 Å². The summed E-state index contributed by atoms with van der Waals surface area (Å²) < 4.78 is 7.11. The largest absolute Gasteiger partial charge is 0.309 e. The van der Waals surface area contributed by atoms with Gasteiger partial charge in [0, 0.05) is 49.4 Å². The van der Waals surface area contributed by atoms with Crippen LogP contribution in [0.5, 0.6) is 0 Å². The maximum atomic E-state index is 2.50. The van der Waals surface area contributed by atoms with Crippen molar-refractivity contribution < 1.29 is 0 Å². The normalized spacial score (nSPS) is 12.7. The molecule has 0 saturated carbocycles. The van der Waals surface area contributed by atoms with Gasteiger partial charge in [-0.15, -0.1) is 0 Å². The van der Waals surface area contributed by atoms with Crippen molar-refractivity contribution in [2.45, 2.75) is 30.1 Å². The lowest BCUT2D eigenvalue weighted by Gasteiger charge is -2.34. The van der Waals surface area contributed by atoms with Crippen molar-refractivity contribution in [1.29, 1.82) is 0 Å². The highest BCUT2D eigenvalue weighted by molar-refractivity contribution is 6.13. The number of hydrogen-bond donors (Lipinski definition) is 0. The van der Waals surface area contributed by atoms with Crippen LogP contribution in [0, 0.1) is 0 Å². The Bertz CT molecular complexity index is 8590. The molecule has 3 nitrogen and oxygen atoms in total. The minimum atomic E-state index is -0.378. The van der Waals surface area contributed by atoms with Crippen LogP contribution in [0.4, 0.5) is 0 Å². The van der Waals surface area contributed by atoms with E-state index in [1.807, 2.05) is 0 Å². The van der Waals surface area contributed by atoms with Crippen molar-refractivity contribution in [2.24, 2.45) is 0 Å². The monoisotopic (exact) mass is 1760 g/mol. The third kappa shape index (κ3) is 13.6. The first kappa shape index (κ1) is 81.3. The molecular formula is C135H93N3. The Balaban J connectivity index is 0.000000109. The van der Waals surface area contributed by atoms with Crippen molar-refractivity contribution in [1.82, 2.24) is 13.7 Å². The van der Waals surface area contributed by atoms with Crippen LogP contribution >= 0.6 is 0 Å². The second-order valence-electron chi connectivity index (χ2n) is 37.2. The molecule has 3 heteroatoms. The van der Waals surface area contributed by atoms with Crippen LogP contribution < -0.4 is 0 Å². The maximum absolute atomic E-state index is 2.50. The van der Waals surface area contributed by atoms with Crippen molar-refractivity contribution >= 4 is 76.2 Å². The Labute approximate surface area is 803 Å². The summed E-state index contributed by atoms with van der Waals surface area (Å²) in [6.45, 7) is 0. The van der Waals surface area contributed by atoms with E-state index in [0.29, 0.717) is 0 Å². The van der Waals surface area contributed by atoms with Gasteiger partial charge in [0.25, 0.3) is 0 Å². The zero-order valence-corrected chi connectivity index (χ0v) is 76.2. The zero-order valence-electron chi connectivity index (χ0n) is 76.2. The maximum Gasteiger partial charge on any atom is 0.0725 e. The lowest BCUT2D eigenvalue weighted by molar-refractivity contribution is 0.767. The minimum absolute atomic E-state index is 0.304. The second kappa shape index (κ2) is 33.9. The van der Waals surface area contributed by atoms with E-state index in [1.54, 1.807) is 0 Å². The molecule has 0 radical (unpaired) electrons. The van der Waals surface area contributed by atoms with Crippen LogP contribution in [0.2, 0.25) is 0 Å². The molecule has 0 atom stereocenters. The first-order valence-electron chi connectivity index (χ1n) is 48.2. The summed E-state index contributed by atoms with van der Waals surface area (Å²) in [7, 11) is 0. The molecule has 0 bridgehead atoms. The molecule has 3 aromatic heterocycles. The molecule has 3 heterocycles. The van der Waals surface area contributed by atoms with Gasteiger partial charge in [-0.05, 0) is 266 Å². The van der Waals surface area contributed by atoms with E-state index in [0.717, 1.165) is 19.3 Å². The molecule has 0 saturated heterocycles. The molecular weight excluding hydrogens is 1660 g/mol. The molecule has 0 N–H and O–H groups in total. The van der Waals surface area contributed by atoms with E-state index in [2.05, 4.69) is 541 Å². The van der Waals surface area contributed by atoms with Crippen LogP contribution in [0.25, 0.3) is 160 Å². The van der Waals surface area contributed by atoms with Crippen molar-refractivity contribution in [3.05, 3.63) is 606 Å². The average molecular weight is 1760 g/mol. The molecule has 1 spiro atoms. The minimum Gasteiger partial charge on any atom is -0.309 e. The van der Waals surface area contributed by atoms with Crippen LogP contribution in [0.15, 0.2) is 528 Å². The van der Waals surface area contributed by atoms with E-state index in [-0.39, 0.29) is 10.8 Å². The van der Waals surface area contributed by atoms with Crippen molar-refractivity contribution in [3.63, 3.8) is 0 Å². The first-order chi connectivity index (χ1) is 68.4. The highest BCUT2D eigenvalue weighted by Crippen LogP contribution is 2.63. The van der Waals surface area contributed by atoms with Crippen LogP contribution in [0.1, 0.15) is 77.9 Å². The van der Waals surface area contributed by atoms with Crippen LogP contribution in [-0.2, 0) is 30.1 Å². The Kier molecular flexibility index (Phi) is 20.0. The number of rotatable bonds is 14. The van der Waals surface area contributed by atoms with E-state index >= 15 is 0 Å². The Hall–Kier alpha value is -17.5. The van der Waals surface area contributed by atoms with E-state index in [4.69, 9.17) is 0 Å². The van der Waals surface area contributed by atoms with Gasteiger partial charge in [0.05, 0.1) is 43.9 Å². The summed E-state index contributed by atoms with van der Waals surface area (Å²) in [5, 5.41) is 10.3. The number of fused-ring (bicyclic) bond motifs is 23. The Morgan fingerprint density at radius 3 is 0.761 bits per heavy atom. The first-order valence-corrected chi connectivity index (χ1v) is 48.2. The van der Waals surface area contributed by atoms with Crippen molar-refractivity contribution in [3.8, 4) is 83.8 Å². The van der Waals surface area contributed by atoms with Crippen LogP contribution in [0.3, 0.4) is 0 Å². The summed E-state index contributed by atoms with van der Waals surface area (Å²) in [5.41, 5.74) is 44.6. The summed E-state index contributed by atoms with van der Waals surface area (Å²) in [6.07, 6.45) is 2.69. The molecule has 22 aromatic carbocycles. The molecule has 138 heavy (non-hydrogen) atoms. The van der Waals surface area contributed by atoms with E-state index < -0.39 is 0 Å². The SMILES string of the molecule is c1ccc(-n2c3ccccc3c3cc(-c4ccc(Cc5ccc6c(c5)C(c5ccccc5)(c5ccccc5)c5ccccc5-6)cc4)ccc32)cc1.c1ccc(-n2c3ccccc3c3cc(-c4ccc(Cc5ccc6c(c5)C5(c7ccccc7-c7ccccc75)c5ccccc5-6)cc4)ccc32)cc1.c1ccc(-n2c3ccccc3c3cc(-c4ccc(Cc5ccc6ccccc6c5)cc4)ccc32)cc1. The highest BCUT2D eigenvalue weighted by Gasteiger charge is 2.52. The lowest BCUT2D eigenvalue weighted by atomic mass is 9.67. The standard InChI is InChI=1S/C50H33N.C50H35N.C35H25N/c1-2-12-37(13-3-1)51-48-21-11-7-17-42(48)43-32-36(27-29-49(43)51)35-25-22-33(23-26-35)30-34-24-28-41-40-16-6-10-20-46(40)50(47(41)31-34)44-18-8-4-14-38(44)39-15-5-9-19-45(39)50;1-4-14-39(15-5-1)50(40-16-6-2-7-17-40)46-22-12-10-20-42(46)43-30-26-36(33-47(43)50)32-35-24-27-37(28-25-35)38-29-31-49-45(34-38)44-21-11-13-23-48(44)51(49)41-18-8-3-9-19-41;1-2-10-31(11-3-1)36-34-13-7-6-12-32(34)33-24-30(20-21-35(33)36)28-17-14-25(15-18-28)22-26-16-19-27-8-4-5-9-29(27)23-26/h1-29,31-32H,30H2;1-31,33-34H,32H2;1-21,23-24H,22H2. The fourth-order valence-corrected chi connectivity index (χ4v) is 23.4. The fourth-order valence-electron chi connectivity index (χ4n) is 23.4. The summed E-state index contributed by atoms with van der Waals surface area (Å²) >= 11 is 0. The quantitative estimate of drug-likeness (QED) is 0.103. The smallest absolute Gasteiger partial charge is 0.0725 e. The zero-order chi connectivity index (χ0) is 91.2. The van der Waals surface area contributed by atoms with Gasteiger partial charge in [-0.1, -0.05) is 437 Å². The molecule has 28 rings (SSSR count). The predicted molar refractivity (Wildman–Crippen MR) is 578 cm³/mol. The van der Waals surface area contributed by atoms with Crippen molar-refractivity contribution in [2.75, 3.05) is 0 Å². The van der Waals surface area contributed by atoms with Gasteiger partial charge in [-0.2, -0.15) is 0 Å². The van der Waals surface area contributed by atoms with Gasteiger partial charge in [0.15, 0.2) is 0 Å². The van der Waals surface area contributed by atoms with Gasteiger partial charge < -0.3 is 13.7 Å². The molecule has 25 aromatic rings. The van der Waals surface area contributed by atoms with E-state index in [1.165, 1.54) is 238 Å². The lowest BCUT2D eigenvalue weighted by Crippen LogP contribution is -2.28. The highest BCUT2D eigenvalue weighted by atomic mass is 15.0. The van der Waals surface area contributed by atoms with Gasteiger partial charge in [0.2, 0.25) is 0 Å². The molecule has 648 valence electrons.